The first-order valence-electron chi connectivity index (χ1n) is 4.45. The van der Waals surface area contributed by atoms with Crippen LogP contribution < -0.4 is 5.73 Å². The minimum atomic E-state index is -0.881. The van der Waals surface area contributed by atoms with Crippen LogP contribution in [0.5, 0.6) is 0 Å². The Morgan fingerprint density at radius 3 is 2.71 bits per heavy atom. The van der Waals surface area contributed by atoms with Gasteiger partial charge in [-0.1, -0.05) is 34.1 Å². The minimum Gasteiger partial charge on any atom is -0.329 e. The van der Waals surface area contributed by atoms with E-state index < -0.39 is 10.8 Å². The Morgan fingerprint density at radius 2 is 2.14 bits per heavy atom. The lowest BCUT2D eigenvalue weighted by Gasteiger charge is -2.09. The van der Waals surface area contributed by atoms with Gasteiger partial charge in [0.1, 0.15) is 0 Å². The van der Waals surface area contributed by atoms with Crippen molar-refractivity contribution in [3.8, 4) is 0 Å². The lowest BCUT2D eigenvalue weighted by Crippen LogP contribution is -2.22. The van der Waals surface area contributed by atoms with Crippen LogP contribution >= 0.6 is 15.9 Å². The van der Waals surface area contributed by atoms with Crippen molar-refractivity contribution in [1.82, 2.24) is 0 Å². The number of hydrogen-bond donors (Lipinski definition) is 1. The Hall–Kier alpha value is -0.190. The van der Waals surface area contributed by atoms with Gasteiger partial charge in [-0.15, -0.1) is 0 Å². The van der Waals surface area contributed by atoms with Gasteiger partial charge in [0.2, 0.25) is 0 Å². The predicted molar refractivity (Wildman–Crippen MR) is 64.5 cm³/mol. The zero-order chi connectivity index (χ0) is 10.6. The van der Waals surface area contributed by atoms with Gasteiger partial charge in [-0.05, 0) is 18.6 Å². The van der Waals surface area contributed by atoms with Crippen molar-refractivity contribution in [2.24, 2.45) is 5.73 Å². The monoisotopic (exact) mass is 275 g/mol. The quantitative estimate of drug-likeness (QED) is 0.914. The molecule has 0 aliphatic carbocycles. The zero-order valence-corrected chi connectivity index (χ0v) is 10.5. The molecule has 0 aromatic heterocycles. The molecule has 0 saturated heterocycles. The molecule has 0 spiro atoms. The maximum Gasteiger partial charge on any atom is 0.0500 e. The van der Waals surface area contributed by atoms with E-state index in [4.69, 9.17) is 5.73 Å². The van der Waals surface area contributed by atoms with Crippen LogP contribution in [0.1, 0.15) is 12.5 Å². The van der Waals surface area contributed by atoms with E-state index >= 15 is 0 Å². The van der Waals surface area contributed by atoms with Crippen LogP contribution in [0.4, 0.5) is 0 Å². The number of benzene rings is 1. The lowest BCUT2D eigenvalue weighted by atomic mass is 10.2. The van der Waals surface area contributed by atoms with Crippen molar-refractivity contribution < 1.29 is 4.21 Å². The average molecular weight is 276 g/mol. The lowest BCUT2D eigenvalue weighted by molar-refractivity contribution is 0.672. The second-order valence-corrected chi connectivity index (χ2v) is 5.87. The number of halogens is 1. The van der Waals surface area contributed by atoms with E-state index in [1.165, 1.54) is 0 Å². The van der Waals surface area contributed by atoms with E-state index in [-0.39, 0.29) is 5.25 Å². The van der Waals surface area contributed by atoms with Gasteiger partial charge in [0.05, 0.1) is 0 Å². The van der Waals surface area contributed by atoms with Gasteiger partial charge in [-0.2, -0.15) is 0 Å². The van der Waals surface area contributed by atoms with E-state index in [0.717, 1.165) is 10.0 Å². The summed E-state index contributed by atoms with van der Waals surface area (Å²) in [6.45, 7) is 2.38. The van der Waals surface area contributed by atoms with Crippen molar-refractivity contribution >= 4 is 26.7 Å². The minimum absolute atomic E-state index is 0.0575. The topological polar surface area (TPSA) is 43.1 Å². The van der Waals surface area contributed by atoms with Crippen molar-refractivity contribution in [1.29, 1.82) is 0 Å². The highest BCUT2D eigenvalue weighted by atomic mass is 79.9. The van der Waals surface area contributed by atoms with Crippen LogP contribution in [0.3, 0.4) is 0 Å². The third-order valence-electron chi connectivity index (χ3n) is 2.04. The van der Waals surface area contributed by atoms with Crippen LogP contribution in [0.25, 0.3) is 0 Å². The molecule has 14 heavy (non-hydrogen) atoms. The van der Waals surface area contributed by atoms with Crippen molar-refractivity contribution in [2.75, 3.05) is 6.54 Å². The fourth-order valence-electron chi connectivity index (χ4n) is 1.02. The van der Waals surface area contributed by atoms with Gasteiger partial charge in [0.15, 0.2) is 0 Å². The molecule has 4 heteroatoms. The smallest absolute Gasteiger partial charge is 0.0500 e. The van der Waals surface area contributed by atoms with Crippen LogP contribution in [0, 0.1) is 0 Å². The van der Waals surface area contributed by atoms with Crippen LogP contribution in [0.2, 0.25) is 0 Å². The summed E-state index contributed by atoms with van der Waals surface area (Å²) in [5.41, 5.74) is 6.54. The van der Waals surface area contributed by atoms with E-state index in [0.29, 0.717) is 12.3 Å². The van der Waals surface area contributed by atoms with Gasteiger partial charge in [-0.3, -0.25) is 4.21 Å². The molecule has 0 heterocycles. The molecule has 0 fully saturated rings. The molecule has 0 saturated carbocycles. The van der Waals surface area contributed by atoms with Crippen LogP contribution in [0.15, 0.2) is 28.7 Å². The number of rotatable bonds is 4. The normalized spacial score (nSPS) is 15.1. The highest BCUT2D eigenvalue weighted by molar-refractivity contribution is 9.10. The van der Waals surface area contributed by atoms with Gasteiger partial charge in [-0.25, -0.2) is 0 Å². The molecule has 0 amide bonds. The highest BCUT2D eigenvalue weighted by Gasteiger charge is 2.10. The molecule has 2 nitrogen and oxygen atoms in total. The van der Waals surface area contributed by atoms with E-state index in [2.05, 4.69) is 15.9 Å². The third kappa shape index (κ3) is 3.19. The zero-order valence-electron chi connectivity index (χ0n) is 8.07. The molecule has 0 aliphatic rings. The maximum atomic E-state index is 11.7. The van der Waals surface area contributed by atoms with E-state index in [1.807, 2.05) is 31.2 Å². The van der Waals surface area contributed by atoms with E-state index in [9.17, 15) is 4.21 Å². The summed E-state index contributed by atoms with van der Waals surface area (Å²) in [5.74, 6) is 0.569. The molecular weight excluding hydrogens is 262 g/mol. The molecule has 0 bridgehead atoms. The molecule has 2 N–H and O–H groups in total. The first kappa shape index (κ1) is 11.9. The number of nitrogens with two attached hydrogens (primary N) is 1. The molecule has 1 aromatic carbocycles. The summed E-state index contributed by atoms with van der Waals surface area (Å²) in [7, 11) is -0.881. The Bertz CT molecular complexity index is 330. The molecule has 2 atom stereocenters. The average Bonchev–Trinajstić information content (AvgIpc) is 2.20. The molecule has 0 aliphatic heterocycles. The summed E-state index contributed by atoms with van der Waals surface area (Å²) < 4.78 is 12.7. The summed E-state index contributed by atoms with van der Waals surface area (Å²) >= 11 is 3.43. The largest absolute Gasteiger partial charge is 0.329 e. The first-order valence-corrected chi connectivity index (χ1v) is 6.63. The molecular formula is C10H14BrNOS. The fraction of sp³-hybridized carbons (Fsp3) is 0.400. The molecule has 0 radical (unpaired) electrons. The van der Waals surface area contributed by atoms with Gasteiger partial charge in [0, 0.05) is 32.8 Å². The fourth-order valence-corrected chi connectivity index (χ4v) is 2.69. The van der Waals surface area contributed by atoms with Gasteiger partial charge < -0.3 is 5.73 Å². The van der Waals surface area contributed by atoms with E-state index in [1.54, 1.807) is 0 Å². The molecule has 78 valence electrons. The molecule has 1 aromatic rings. The third-order valence-corrected chi connectivity index (χ3v) is 4.50. The summed E-state index contributed by atoms with van der Waals surface area (Å²) in [6.07, 6.45) is 0. The maximum absolute atomic E-state index is 11.7. The molecule has 1 rings (SSSR count). The Morgan fingerprint density at radius 1 is 1.50 bits per heavy atom. The van der Waals surface area contributed by atoms with Gasteiger partial charge in [0.25, 0.3) is 0 Å². The highest BCUT2D eigenvalue weighted by Crippen LogP contribution is 2.18. The van der Waals surface area contributed by atoms with Crippen molar-refractivity contribution in [3.05, 3.63) is 34.3 Å². The Labute approximate surface area is 95.5 Å². The second-order valence-electron chi connectivity index (χ2n) is 3.16. The first-order chi connectivity index (χ1) is 6.65. The predicted octanol–water partition coefficient (Wildman–Crippen LogP) is 2.04. The summed E-state index contributed by atoms with van der Waals surface area (Å²) in [4.78, 5) is 0. The summed E-state index contributed by atoms with van der Waals surface area (Å²) in [5, 5.41) is 0.0575. The van der Waals surface area contributed by atoms with Crippen molar-refractivity contribution in [2.45, 2.75) is 17.9 Å². The van der Waals surface area contributed by atoms with Gasteiger partial charge >= 0.3 is 0 Å². The SMILES string of the molecule is CC(CN)S(=O)Cc1ccccc1Br. The standard InChI is InChI=1S/C10H14BrNOS/c1-8(6-12)14(13)7-9-4-2-3-5-10(9)11/h2-5,8H,6-7,12H2,1H3. The second kappa shape index (κ2) is 5.63. The molecule has 2 unspecified atom stereocenters. The van der Waals surface area contributed by atoms with Crippen molar-refractivity contribution in [3.63, 3.8) is 0 Å². The van der Waals surface area contributed by atoms with Crippen LogP contribution in [-0.4, -0.2) is 16.0 Å². The number of hydrogen-bond acceptors (Lipinski definition) is 2. The Balaban J connectivity index is 2.70. The van der Waals surface area contributed by atoms with Crippen LogP contribution in [-0.2, 0) is 16.6 Å². The summed E-state index contributed by atoms with van der Waals surface area (Å²) in [6, 6.07) is 7.83. The Kier molecular flexibility index (Phi) is 4.78.